The zero-order valence-corrected chi connectivity index (χ0v) is 16.4. The highest BCUT2D eigenvalue weighted by Crippen LogP contribution is 2.22. The Morgan fingerprint density at radius 1 is 1.15 bits per heavy atom. The topological polar surface area (TPSA) is 92.7 Å². The van der Waals surface area contributed by atoms with E-state index in [1.54, 1.807) is 17.4 Å². The monoisotopic (exact) mass is 389 g/mol. The molecule has 1 amide bonds. The van der Waals surface area contributed by atoms with Crippen LogP contribution in [0.25, 0.3) is 0 Å². The van der Waals surface area contributed by atoms with Crippen LogP contribution >= 0.6 is 11.3 Å². The maximum atomic E-state index is 12.2. The number of methoxy groups -OCH3 is 1. The number of ketones is 1. The number of nitrogens with one attached hydrogen (secondary N) is 1. The summed E-state index contributed by atoms with van der Waals surface area (Å²) in [6.45, 7) is 4.25. The lowest BCUT2D eigenvalue weighted by atomic mass is 10.1. The predicted octanol–water partition coefficient (Wildman–Crippen LogP) is 3.39. The summed E-state index contributed by atoms with van der Waals surface area (Å²) in [5.74, 6) is -0.747. The second kappa shape index (κ2) is 9.32. The number of aromatic carboxylic acids is 1. The quantitative estimate of drug-likeness (QED) is 0.641. The van der Waals surface area contributed by atoms with E-state index in [-0.39, 0.29) is 30.1 Å². The molecule has 0 aliphatic carbocycles. The van der Waals surface area contributed by atoms with Crippen LogP contribution in [0, 0.1) is 13.8 Å². The summed E-state index contributed by atoms with van der Waals surface area (Å²) in [6, 6.07) is 6.52. The Morgan fingerprint density at radius 3 is 2.48 bits per heavy atom. The molecule has 0 radical (unpaired) electrons. The van der Waals surface area contributed by atoms with Crippen LogP contribution in [0.15, 0.2) is 24.3 Å². The van der Waals surface area contributed by atoms with Crippen LogP contribution in [-0.4, -0.2) is 36.4 Å². The molecule has 0 saturated carbocycles. The minimum atomic E-state index is -1.02. The number of benzene rings is 1. The molecule has 0 saturated heterocycles. The van der Waals surface area contributed by atoms with Crippen molar-refractivity contribution in [3.63, 3.8) is 0 Å². The average molecular weight is 389 g/mol. The van der Waals surface area contributed by atoms with Gasteiger partial charge in [0.15, 0.2) is 5.78 Å². The number of aryl methyl sites for hydroxylation is 2. The zero-order valence-electron chi connectivity index (χ0n) is 15.6. The first-order chi connectivity index (χ1) is 12.8. The van der Waals surface area contributed by atoms with E-state index in [1.165, 1.54) is 19.2 Å². The van der Waals surface area contributed by atoms with Gasteiger partial charge in [0.25, 0.3) is 0 Å². The van der Waals surface area contributed by atoms with Gasteiger partial charge in [0.2, 0.25) is 5.91 Å². The van der Waals surface area contributed by atoms with E-state index in [0.717, 1.165) is 15.3 Å². The summed E-state index contributed by atoms with van der Waals surface area (Å²) in [5.41, 5.74) is 1.66. The molecular weight excluding hydrogens is 366 g/mol. The second-order valence-corrected chi connectivity index (χ2v) is 7.64. The summed E-state index contributed by atoms with van der Waals surface area (Å²) in [7, 11) is 1.47. The molecule has 0 bridgehead atoms. The minimum Gasteiger partial charge on any atom is -0.496 e. The van der Waals surface area contributed by atoms with Crippen molar-refractivity contribution in [1.82, 2.24) is 5.32 Å². The molecule has 27 heavy (non-hydrogen) atoms. The molecule has 1 heterocycles. The summed E-state index contributed by atoms with van der Waals surface area (Å²) < 4.78 is 5.22. The van der Waals surface area contributed by atoms with E-state index in [0.29, 0.717) is 24.3 Å². The van der Waals surface area contributed by atoms with E-state index in [4.69, 9.17) is 9.84 Å². The van der Waals surface area contributed by atoms with Crippen molar-refractivity contribution in [1.29, 1.82) is 0 Å². The van der Waals surface area contributed by atoms with E-state index >= 15 is 0 Å². The van der Waals surface area contributed by atoms with Crippen LogP contribution in [0.5, 0.6) is 5.75 Å². The highest BCUT2D eigenvalue weighted by Gasteiger charge is 2.14. The van der Waals surface area contributed by atoms with Crippen molar-refractivity contribution in [2.45, 2.75) is 33.1 Å². The number of thiophene rings is 1. The average Bonchev–Trinajstić information content (AvgIpc) is 2.98. The van der Waals surface area contributed by atoms with Gasteiger partial charge >= 0.3 is 5.97 Å². The van der Waals surface area contributed by atoms with Crippen molar-refractivity contribution in [2.24, 2.45) is 0 Å². The Morgan fingerprint density at radius 2 is 1.89 bits per heavy atom. The van der Waals surface area contributed by atoms with E-state index < -0.39 is 5.97 Å². The van der Waals surface area contributed by atoms with Crippen LogP contribution in [0.1, 0.15) is 48.9 Å². The number of hydrogen-bond acceptors (Lipinski definition) is 5. The highest BCUT2D eigenvalue weighted by atomic mass is 32.1. The second-order valence-electron chi connectivity index (χ2n) is 6.18. The number of carboxylic acid groups (broad SMARTS) is 1. The van der Waals surface area contributed by atoms with Crippen molar-refractivity contribution < 1.29 is 24.2 Å². The first kappa shape index (κ1) is 20.6. The predicted molar refractivity (Wildman–Crippen MR) is 104 cm³/mol. The normalized spacial score (nSPS) is 10.5. The third kappa shape index (κ3) is 5.65. The lowest BCUT2D eigenvalue weighted by molar-refractivity contribution is -0.121. The van der Waals surface area contributed by atoms with Crippen LogP contribution < -0.4 is 10.1 Å². The van der Waals surface area contributed by atoms with E-state index in [9.17, 15) is 14.4 Å². The minimum absolute atomic E-state index is 0.0158. The Bertz CT molecular complexity index is 856. The first-order valence-corrected chi connectivity index (χ1v) is 9.40. The number of Topliss-reactive ketones (excluding diaryl/α,β-unsaturated/α-hetero) is 1. The van der Waals surface area contributed by atoms with Gasteiger partial charge in [-0.3, -0.25) is 9.59 Å². The van der Waals surface area contributed by atoms with Crippen LogP contribution in [-0.2, 0) is 11.2 Å². The SMILES string of the molecule is COc1cc(C(=O)O)ccc1CCNC(=O)CCC(=O)c1cc(C)sc1C. The van der Waals surface area contributed by atoms with Gasteiger partial charge in [0, 0.05) is 34.7 Å². The van der Waals surface area contributed by atoms with Gasteiger partial charge in [0.05, 0.1) is 12.7 Å². The molecule has 1 aromatic carbocycles. The Hall–Kier alpha value is -2.67. The Kier molecular flexibility index (Phi) is 7.12. The number of carbonyl (C=O) groups is 3. The van der Waals surface area contributed by atoms with Crippen molar-refractivity contribution in [3.8, 4) is 5.75 Å². The number of carbonyl (C=O) groups excluding carboxylic acids is 2. The molecule has 0 aliphatic heterocycles. The van der Waals surface area contributed by atoms with Gasteiger partial charge in [-0.1, -0.05) is 6.07 Å². The fraction of sp³-hybridized carbons (Fsp3) is 0.350. The van der Waals surface area contributed by atoms with Gasteiger partial charge in [-0.2, -0.15) is 0 Å². The van der Waals surface area contributed by atoms with Crippen LogP contribution in [0.4, 0.5) is 0 Å². The summed E-state index contributed by atoms with van der Waals surface area (Å²) in [6.07, 6.45) is 0.827. The maximum absolute atomic E-state index is 12.2. The van der Waals surface area contributed by atoms with Crippen molar-refractivity contribution >= 4 is 29.0 Å². The molecule has 0 aliphatic rings. The number of amides is 1. The Balaban J connectivity index is 1.81. The third-order valence-electron chi connectivity index (χ3n) is 4.17. The standard InChI is InChI=1S/C20H23NO5S/c1-12-10-16(13(2)27-12)17(22)6-7-19(23)21-9-8-14-4-5-15(20(24)25)11-18(14)26-3/h4-5,10-11H,6-9H2,1-3H3,(H,21,23)(H,24,25). The molecule has 144 valence electrons. The lowest BCUT2D eigenvalue weighted by Gasteiger charge is -2.10. The molecule has 7 heteroatoms. The molecule has 0 atom stereocenters. The maximum Gasteiger partial charge on any atom is 0.335 e. The number of carboxylic acids is 1. The number of rotatable bonds is 9. The summed E-state index contributed by atoms with van der Waals surface area (Å²) in [4.78, 5) is 37.3. The molecule has 6 nitrogen and oxygen atoms in total. The van der Waals surface area contributed by atoms with Gasteiger partial charge in [-0.25, -0.2) is 4.79 Å². The van der Waals surface area contributed by atoms with Gasteiger partial charge in [0.1, 0.15) is 5.75 Å². The molecule has 2 N–H and O–H groups in total. The Labute approximate surface area is 162 Å². The van der Waals surface area contributed by atoms with Crippen molar-refractivity contribution in [2.75, 3.05) is 13.7 Å². The van der Waals surface area contributed by atoms with Gasteiger partial charge in [-0.05, 0) is 44.0 Å². The molecule has 0 fully saturated rings. The highest BCUT2D eigenvalue weighted by molar-refractivity contribution is 7.12. The number of hydrogen-bond donors (Lipinski definition) is 2. The smallest absolute Gasteiger partial charge is 0.335 e. The number of ether oxygens (including phenoxy) is 1. The molecular formula is C20H23NO5S. The fourth-order valence-electron chi connectivity index (χ4n) is 2.78. The lowest BCUT2D eigenvalue weighted by Crippen LogP contribution is -2.26. The first-order valence-electron chi connectivity index (χ1n) is 8.59. The summed E-state index contributed by atoms with van der Waals surface area (Å²) in [5, 5.41) is 11.8. The molecule has 0 unspecified atom stereocenters. The molecule has 1 aromatic heterocycles. The van der Waals surface area contributed by atoms with E-state index in [1.807, 2.05) is 19.9 Å². The molecule has 2 aromatic rings. The third-order valence-corrected chi connectivity index (χ3v) is 5.14. The van der Waals surface area contributed by atoms with Crippen molar-refractivity contribution in [3.05, 3.63) is 50.7 Å². The zero-order chi connectivity index (χ0) is 20.0. The van der Waals surface area contributed by atoms with Crippen LogP contribution in [0.3, 0.4) is 0 Å². The van der Waals surface area contributed by atoms with Gasteiger partial charge in [-0.15, -0.1) is 11.3 Å². The van der Waals surface area contributed by atoms with E-state index in [2.05, 4.69) is 5.32 Å². The van der Waals surface area contributed by atoms with Crippen LogP contribution in [0.2, 0.25) is 0 Å². The molecule has 0 spiro atoms. The van der Waals surface area contributed by atoms with Gasteiger partial charge < -0.3 is 15.2 Å². The fourth-order valence-corrected chi connectivity index (χ4v) is 3.72. The summed E-state index contributed by atoms with van der Waals surface area (Å²) >= 11 is 1.58. The largest absolute Gasteiger partial charge is 0.496 e. The molecule has 2 rings (SSSR count).